The van der Waals surface area contributed by atoms with Crippen LogP contribution in [-0.4, -0.2) is 23.9 Å². The molecule has 0 aromatic heterocycles. The molecule has 1 saturated heterocycles. The van der Waals surface area contributed by atoms with Crippen LogP contribution in [0.4, 0.5) is 5.69 Å². The van der Waals surface area contributed by atoms with Gasteiger partial charge in [-0.25, -0.2) is 0 Å². The van der Waals surface area contributed by atoms with E-state index in [1.807, 2.05) is 67.6 Å². The van der Waals surface area contributed by atoms with Gasteiger partial charge in [0.15, 0.2) is 0 Å². The molecule has 0 radical (unpaired) electrons. The van der Waals surface area contributed by atoms with E-state index in [0.717, 1.165) is 21.9 Å². The fraction of sp³-hybridized carbons (Fsp3) is 0.103. The van der Waals surface area contributed by atoms with Gasteiger partial charge in [0.2, 0.25) is 0 Å². The highest BCUT2D eigenvalue weighted by atomic mass is 16.5. The zero-order valence-electron chi connectivity index (χ0n) is 18.9. The lowest BCUT2D eigenvalue weighted by Crippen LogP contribution is -2.29. The Balaban J connectivity index is 1.73. The summed E-state index contributed by atoms with van der Waals surface area (Å²) in [6, 6.07) is 27.1. The number of carbonyl (C=O) groups is 2. The zero-order valence-corrected chi connectivity index (χ0v) is 18.9. The van der Waals surface area contributed by atoms with Gasteiger partial charge in [0.1, 0.15) is 11.5 Å². The Kier molecular flexibility index (Phi) is 5.38. The van der Waals surface area contributed by atoms with Gasteiger partial charge in [-0.15, -0.1) is 0 Å². The molecule has 5 heteroatoms. The van der Waals surface area contributed by atoms with E-state index in [0.29, 0.717) is 17.0 Å². The van der Waals surface area contributed by atoms with Crippen LogP contribution in [0.25, 0.3) is 16.5 Å². The third-order valence-electron chi connectivity index (χ3n) is 6.16. The van der Waals surface area contributed by atoms with Crippen LogP contribution in [0, 0.1) is 6.92 Å². The van der Waals surface area contributed by atoms with Crippen LogP contribution in [0.1, 0.15) is 22.7 Å². The van der Waals surface area contributed by atoms with Crippen molar-refractivity contribution in [2.75, 3.05) is 12.0 Å². The molecule has 34 heavy (non-hydrogen) atoms. The minimum absolute atomic E-state index is 0.0636. The first-order valence-electron chi connectivity index (χ1n) is 11.0. The highest BCUT2D eigenvalue weighted by Crippen LogP contribution is 2.43. The van der Waals surface area contributed by atoms with E-state index in [4.69, 9.17) is 4.74 Å². The molecule has 1 heterocycles. The molecule has 5 rings (SSSR count). The standard InChI is InChI=1S/C29H23NO4/c1-18-7-5-10-21(15-18)26-25(27(31)22-14-13-19-8-3-4-9-20(19)16-22)28(32)29(33)30(26)23-11-6-12-24(17-23)34-2/h3-17,26,31H,1-2H3/b27-25-. The van der Waals surface area contributed by atoms with E-state index in [-0.39, 0.29) is 11.3 Å². The lowest BCUT2D eigenvalue weighted by Gasteiger charge is -2.26. The van der Waals surface area contributed by atoms with Crippen molar-refractivity contribution in [2.24, 2.45) is 0 Å². The number of ketones is 1. The Morgan fingerprint density at radius 3 is 2.38 bits per heavy atom. The third kappa shape index (κ3) is 3.61. The number of anilines is 1. The van der Waals surface area contributed by atoms with E-state index >= 15 is 0 Å². The quantitative estimate of drug-likeness (QED) is 0.244. The zero-order chi connectivity index (χ0) is 23.8. The van der Waals surface area contributed by atoms with Crippen LogP contribution in [0.2, 0.25) is 0 Å². The van der Waals surface area contributed by atoms with Crippen molar-refractivity contribution in [1.82, 2.24) is 0 Å². The Morgan fingerprint density at radius 1 is 0.853 bits per heavy atom. The van der Waals surface area contributed by atoms with Crippen molar-refractivity contribution >= 4 is 33.9 Å². The molecule has 0 spiro atoms. The molecule has 0 bridgehead atoms. The Bertz CT molecular complexity index is 1470. The van der Waals surface area contributed by atoms with Crippen molar-refractivity contribution in [3.05, 3.63) is 113 Å². The van der Waals surface area contributed by atoms with Gasteiger partial charge < -0.3 is 9.84 Å². The minimum Gasteiger partial charge on any atom is -0.507 e. The van der Waals surface area contributed by atoms with E-state index in [9.17, 15) is 14.7 Å². The molecule has 4 aromatic rings. The number of aryl methyl sites for hydroxylation is 1. The van der Waals surface area contributed by atoms with Gasteiger partial charge in [0.25, 0.3) is 11.7 Å². The smallest absolute Gasteiger partial charge is 0.300 e. The number of nitrogens with zero attached hydrogens (tertiary/aromatic N) is 1. The monoisotopic (exact) mass is 449 g/mol. The van der Waals surface area contributed by atoms with Crippen molar-refractivity contribution in [3.8, 4) is 5.75 Å². The topological polar surface area (TPSA) is 66.8 Å². The number of aliphatic hydroxyl groups excluding tert-OH is 1. The molecule has 1 unspecified atom stereocenters. The van der Waals surface area contributed by atoms with E-state index < -0.39 is 17.7 Å². The summed E-state index contributed by atoms with van der Waals surface area (Å²) in [5.41, 5.74) is 2.79. The second-order valence-electron chi connectivity index (χ2n) is 8.35. The average molecular weight is 450 g/mol. The second-order valence-corrected chi connectivity index (χ2v) is 8.35. The summed E-state index contributed by atoms with van der Waals surface area (Å²) in [4.78, 5) is 28.1. The molecule has 168 valence electrons. The highest BCUT2D eigenvalue weighted by molar-refractivity contribution is 6.51. The number of hydrogen-bond acceptors (Lipinski definition) is 4. The van der Waals surface area contributed by atoms with E-state index in [2.05, 4.69) is 0 Å². The molecule has 1 atom stereocenters. The summed E-state index contributed by atoms with van der Waals surface area (Å²) in [5, 5.41) is 13.3. The molecule has 1 fully saturated rings. The Hall–Kier alpha value is -4.38. The molecule has 1 aliphatic heterocycles. The number of carbonyl (C=O) groups excluding carboxylic acids is 2. The number of rotatable bonds is 4. The Morgan fingerprint density at radius 2 is 1.62 bits per heavy atom. The summed E-state index contributed by atoms with van der Waals surface area (Å²) < 4.78 is 5.34. The molecule has 4 aromatic carbocycles. The number of methoxy groups -OCH3 is 1. The fourth-order valence-electron chi connectivity index (χ4n) is 4.51. The predicted molar refractivity (Wildman–Crippen MR) is 133 cm³/mol. The number of Topliss-reactive ketones (excluding diaryl/α,β-unsaturated/α-hetero) is 1. The van der Waals surface area contributed by atoms with Gasteiger partial charge in [-0.2, -0.15) is 0 Å². The summed E-state index contributed by atoms with van der Waals surface area (Å²) >= 11 is 0. The molecule has 1 amide bonds. The van der Waals surface area contributed by atoms with E-state index in [1.54, 1.807) is 37.4 Å². The maximum Gasteiger partial charge on any atom is 0.300 e. The maximum atomic E-state index is 13.4. The number of fused-ring (bicyclic) bond motifs is 1. The largest absolute Gasteiger partial charge is 0.507 e. The van der Waals surface area contributed by atoms with Crippen LogP contribution in [0.5, 0.6) is 5.75 Å². The van der Waals surface area contributed by atoms with Gasteiger partial charge in [0.05, 0.1) is 18.7 Å². The number of benzene rings is 4. The Labute approximate surface area is 197 Å². The SMILES string of the molecule is COc1cccc(N2C(=O)C(=O)/C(=C(\O)c3ccc4ccccc4c3)C2c2cccc(C)c2)c1. The van der Waals surface area contributed by atoms with Crippen LogP contribution in [-0.2, 0) is 9.59 Å². The number of hydrogen-bond donors (Lipinski definition) is 1. The van der Waals surface area contributed by atoms with Crippen LogP contribution in [0.3, 0.4) is 0 Å². The van der Waals surface area contributed by atoms with Crippen LogP contribution >= 0.6 is 0 Å². The number of ether oxygens (including phenoxy) is 1. The summed E-state index contributed by atoms with van der Waals surface area (Å²) in [7, 11) is 1.55. The first kappa shape index (κ1) is 21.5. The van der Waals surface area contributed by atoms with Gasteiger partial charge >= 0.3 is 0 Å². The average Bonchev–Trinajstić information content (AvgIpc) is 3.13. The van der Waals surface area contributed by atoms with Crippen molar-refractivity contribution in [1.29, 1.82) is 0 Å². The molecule has 0 saturated carbocycles. The highest BCUT2D eigenvalue weighted by Gasteiger charge is 2.47. The predicted octanol–water partition coefficient (Wildman–Crippen LogP) is 5.78. The molecule has 5 nitrogen and oxygen atoms in total. The minimum atomic E-state index is -0.779. The molecule has 1 aliphatic rings. The van der Waals surface area contributed by atoms with E-state index in [1.165, 1.54) is 4.90 Å². The number of amides is 1. The molecule has 0 aliphatic carbocycles. The van der Waals surface area contributed by atoms with Gasteiger partial charge in [-0.3, -0.25) is 14.5 Å². The van der Waals surface area contributed by atoms with Gasteiger partial charge in [-0.1, -0.05) is 72.3 Å². The molecular weight excluding hydrogens is 426 g/mol. The second kappa shape index (κ2) is 8.52. The third-order valence-corrected chi connectivity index (χ3v) is 6.16. The van der Waals surface area contributed by atoms with Crippen molar-refractivity contribution in [2.45, 2.75) is 13.0 Å². The summed E-state index contributed by atoms with van der Waals surface area (Å²) in [5.74, 6) is -1.04. The lowest BCUT2D eigenvalue weighted by molar-refractivity contribution is -0.132. The molecular formula is C29H23NO4. The van der Waals surface area contributed by atoms with Gasteiger partial charge in [-0.05, 0) is 41.5 Å². The summed E-state index contributed by atoms with van der Waals surface area (Å²) in [6.07, 6.45) is 0. The molecule has 1 N–H and O–H groups in total. The number of aliphatic hydroxyl groups is 1. The first-order chi connectivity index (χ1) is 16.5. The van der Waals surface area contributed by atoms with Crippen LogP contribution < -0.4 is 9.64 Å². The lowest BCUT2D eigenvalue weighted by atomic mass is 9.93. The van der Waals surface area contributed by atoms with Gasteiger partial charge in [0, 0.05) is 17.3 Å². The first-order valence-corrected chi connectivity index (χ1v) is 11.0. The fourth-order valence-corrected chi connectivity index (χ4v) is 4.51. The van der Waals surface area contributed by atoms with Crippen LogP contribution in [0.15, 0.2) is 96.6 Å². The maximum absolute atomic E-state index is 13.4. The van der Waals surface area contributed by atoms with Crippen molar-refractivity contribution < 1.29 is 19.4 Å². The summed E-state index contributed by atoms with van der Waals surface area (Å²) in [6.45, 7) is 1.95. The van der Waals surface area contributed by atoms with Crippen molar-refractivity contribution in [3.63, 3.8) is 0 Å². The normalized spacial score (nSPS) is 17.4.